The van der Waals surface area contributed by atoms with Gasteiger partial charge in [0, 0.05) is 17.7 Å². The third-order valence-electron chi connectivity index (χ3n) is 6.74. The lowest BCUT2D eigenvalue weighted by atomic mass is 9.84. The molecule has 1 saturated heterocycles. The van der Waals surface area contributed by atoms with E-state index in [-0.39, 0.29) is 16.7 Å². The van der Waals surface area contributed by atoms with Gasteiger partial charge in [-0.1, -0.05) is 78.6 Å². The number of likely N-dealkylation sites (tertiary alicyclic amines) is 1. The first-order valence-electron chi connectivity index (χ1n) is 12.6. The SMILES string of the molecule is CCCCCN1C(=O)C(=O)/C(=C(\O)c2ccc(OC)c(C(C)(C)C)c2)C1c1ccc(C(C)C)cc1. The van der Waals surface area contributed by atoms with Crippen LogP contribution >= 0.6 is 0 Å². The molecule has 1 heterocycles. The van der Waals surface area contributed by atoms with Crippen molar-refractivity contribution >= 4 is 17.4 Å². The van der Waals surface area contributed by atoms with Gasteiger partial charge in [-0.2, -0.15) is 0 Å². The van der Waals surface area contributed by atoms with Crippen LogP contribution in [0.25, 0.3) is 5.76 Å². The van der Waals surface area contributed by atoms with Crippen molar-refractivity contribution < 1.29 is 19.4 Å². The highest BCUT2D eigenvalue weighted by molar-refractivity contribution is 6.46. The molecule has 0 aliphatic carbocycles. The maximum absolute atomic E-state index is 13.3. The summed E-state index contributed by atoms with van der Waals surface area (Å²) in [6, 6.07) is 12.8. The molecule has 1 amide bonds. The minimum atomic E-state index is -0.634. The molecule has 5 heteroatoms. The highest BCUT2D eigenvalue weighted by Crippen LogP contribution is 2.41. The van der Waals surface area contributed by atoms with Crippen molar-refractivity contribution in [3.05, 3.63) is 70.3 Å². The van der Waals surface area contributed by atoms with Crippen LogP contribution in [0.4, 0.5) is 0 Å². The average molecular weight is 478 g/mol. The Morgan fingerprint density at radius 3 is 2.26 bits per heavy atom. The van der Waals surface area contributed by atoms with E-state index in [1.807, 2.05) is 30.3 Å². The lowest BCUT2D eigenvalue weighted by molar-refractivity contribution is -0.139. The van der Waals surface area contributed by atoms with Crippen molar-refractivity contribution in [1.82, 2.24) is 4.90 Å². The predicted octanol–water partition coefficient (Wildman–Crippen LogP) is 6.73. The van der Waals surface area contributed by atoms with E-state index in [2.05, 4.69) is 41.5 Å². The molecule has 188 valence electrons. The fraction of sp³-hybridized carbons (Fsp3) is 0.467. The molecule has 1 fully saturated rings. The van der Waals surface area contributed by atoms with Gasteiger partial charge in [-0.05, 0) is 47.1 Å². The lowest BCUT2D eigenvalue weighted by Gasteiger charge is -2.26. The zero-order valence-electron chi connectivity index (χ0n) is 22.1. The second-order valence-electron chi connectivity index (χ2n) is 10.7. The van der Waals surface area contributed by atoms with Crippen LogP contribution < -0.4 is 4.74 Å². The molecule has 3 rings (SSSR count). The van der Waals surface area contributed by atoms with E-state index in [0.29, 0.717) is 18.0 Å². The topological polar surface area (TPSA) is 66.8 Å². The number of rotatable bonds is 8. The molecule has 0 spiro atoms. The first-order valence-corrected chi connectivity index (χ1v) is 12.6. The first-order chi connectivity index (χ1) is 16.5. The van der Waals surface area contributed by atoms with E-state index in [9.17, 15) is 14.7 Å². The number of aliphatic hydroxyl groups is 1. The summed E-state index contributed by atoms with van der Waals surface area (Å²) in [5, 5.41) is 11.5. The molecule has 0 bridgehead atoms. The third-order valence-corrected chi connectivity index (χ3v) is 6.74. The number of methoxy groups -OCH3 is 1. The molecular formula is C30H39NO4. The van der Waals surface area contributed by atoms with Gasteiger partial charge in [-0.15, -0.1) is 0 Å². The third kappa shape index (κ3) is 5.44. The van der Waals surface area contributed by atoms with Gasteiger partial charge < -0.3 is 14.7 Å². The second-order valence-corrected chi connectivity index (χ2v) is 10.7. The standard InChI is InChI=1S/C30H39NO4/c1-8-9-10-17-31-26(21-13-11-20(12-14-21)19(2)3)25(28(33)29(31)34)27(32)22-15-16-24(35-7)23(18-22)30(4,5)6/h11-16,18-19,26,32H,8-10,17H2,1-7H3/b27-25-. The van der Waals surface area contributed by atoms with Crippen LogP contribution in [-0.4, -0.2) is 35.4 Å². The van der Waals surface area contributed by atoms with Gasteiger partial charge >= 0.3 is 0 Å². The monoisotopic (exact) mass is 477 g/mol. The molecule has 1 N–H and O–H groups in total. The molecule has 5 nitrogen and oxygen atoms in total. The van der Waals surface area contributed by atoms with E-state index < -0.39 is 17.7 Å². The molecule has 2 aromatic rings. The van der Waals surface area contributed by atoms with Gasteiger partial charge in [0.25, 0.3) is 11.7 Å². The number of unbranched alkanes of at least 4 members (excludes halogenated alkanes) is 2. The Kier molecular flexibility index (Phi) is 8.09. The number of carbonyl (C=O) groups is 2. The van der Waals surface area contributed by atoms with Gasteiger partial charge in [-0.3, -0.25) is 9.59 Å². The van der Waals surface area contributed by atoms with Crippen molar-refractivity contribution in [3.63, 3.8) is 0 Å². The Labute approximate surface area is 209 Å². The molecule has 1 aliphatic rings. The summed E-state index contributed by atoms with van der Waals surface area (Å²) in [6.45, 7) is 13.0. The number of nitrogens with zero attached hydrogens (tertiary/aromatic N) is 1. The molecule has 0 radical (unpaired) electrons. The van der Waals surface area contributed by atoms with Crippen molar-refractivity contribution in [3.8, 4) is 5.75 Å². The fourth-order valence-corrected chi connectivity index (χ4v) is 4.65. The van der Waals surface area contributed by atoms with Crippen LogP contribution in [0, 0.1) is 0 Å². The number of ether oxygens (including phenoxy) is 1. The smallest absolute Gasteiger partial charge is 0.295 e. The fourth-order valence-electron chi connectivity index (χ4n) is 4.65. The number of hydrogen-bond acceptors (Lipinski definition) is 4. The van der Waals surface area contributed by atoms with E-state index in [1.54, 1.807) is 24.1 Å². The molecule has 0 saturated carbocycles. The van der Waals surface area contributed by atoms with Crippen molar-refractivity contribution in [2.75, 3.05) is 13.7 Å². The number of carbonyl (C=O) groups excluding carboxylic acids is 2. The lowest BCUT2D eigenvalue weighted by Crippen LogP contribution is -2.30. The predicted molar refractivity (Wildman–Crippen MR) is 141 cm³/mol. The van der Waals surface area contributed by atoms with E-state index in [0.717, 1.165) is 36.1 Å². The molecule has 35 heavy (non-hydrogen) atoms. The highest BCUT2D eigenvalue weighted by atomic mass is 16.5. The maximum Gasteiger partial charge on any atom is 0.295 e. The number of aliphatic hydroxyl groups excluding tert-OH is 1. The molecule has 1 aliphatic heterocycles. The van der Waals surface area contributed by atoms with Crippen molar-refractivity contribution in [2.24, 2.45) is 0 Å². The first kappa shape index (κ1) is 26.5. The normalized spacial score (nSPS) is 17.9. The summed E-state index contributed by atoms with van der Waals surface area (Å²) in [6.07, 6.45) is 2.79. The molecule has 0 aromatic heterocycles. The van der Waals surface area contributed by atoms with E-state index in [4.69, 9.17) is 4.74 Å². The molecule has 1 atom stereocenters. The zero-order valence-corrected chi connectivity index (χ0v) is 22.1. The summed E-state index contributed by atoms with van der Waals surface area (Å²) in [7, 11) is 1.62. The Morgan fingerprint density at radius 1 is 1.06 bits per heavy atom. The number of Topliss-reactive ketones (excluding diaryl/α,β-unsaturated/α-hetero) is 1. The average Bonchev–Trinajstić information content (AvgIpc) is 3.07. The van der Waals surface area contributed by atoms with Crippen LogP contribution in [0.1, 0.15) is 95.0 Å². The van der Waals surface area contributed by atoms with Crippen LogP contribution in [0.3, 0.4) is 0 Å². The molecular weight excluding hydrogens is 438 g/mol. The van der Waals surface area contributed by atoms with Crippen LogP contribution in [0.2, 0.25) is 0 Å². The summed E-state index contributed by atoms with van der Waals surface area (Å²) < 4.78 is 5.54. The number of hydrogen-bond donors (Lipinski definition) is 1. The second kappa shape index (κ2) is 10.7. The van der Waals surface area contributed by atoms with Crippen molar-refractivity contribution in [1.29, 1.82) is 0 Å². The van der Waals surface area contributed by atoms with Crippen LogP contribution in [-0.2, 0) is 15.0 Å². The van der Waals surface area contributed by atoms with Gasteiger partial charge in [0.2, 0.25) is 0 Å². The summed E-state index contributed by atoms with van der Waals surface area (Å²) in [5.74, 6) is -0.243. The number of benzene rings is 2. The van der Waals surface area contributed by atoms with Crippen LogP contribution in [0.15, 0.2) is 48.0 Å². The maximum atomic E-state index is 13.3. The van der Waals surface area contributed by atoms with Crippen LogP contribution in [0.5, 0.6) is 5.75 Å². The van der Waals surface area contributed by atoms with Gasteiger partial charge in [-0.25, -0.2) is 0 Å². The Hall–Kier alpha value is -3.08. The highest BCUT2D eigenvalue weighted by Gasteiger charge is 2.45. The minimum absolute atomic E-state index is 0.146. The summed E-state index contributed by atoms with van der Waals surface area (Å²) >= 11 is 0. The van der Waals surface area contributed by atoms with Gasteiger partial charge in [0.05, 0.1) is 18.7 Å². The van der Waals surface area contributed by atoms with E-state index in [1.165, 1.54) is 5.56 Å². The van der Waals surface area contributed by atoms with Gasteiger partial charge in [0.1, 0.15) is 11.5 Å². The zero-order chi connectivity index (χ0) is 25.9. The molecule has 1 unspecified atom stereocenters. The largest absolute Gasteiger partial charge is 0.507 e. The Balaban J connectivity index is 2.17. The number of ketones is 1. The Morgan fingerprint density at radius 2 is 1.71 bits per heavy atom. The Bertz CT molecular complexity index is 1110. The van der Waals surface area contributed by atoms with E-state index >= 15 is 0 Å². The summed E-state index contributed by atoms with van der Waals surface area (Å²) in [4.78, 5) is 28.1. The van der Waals surface area contributed by atoms with Gasteiger partial charge in [0.15, 0.2) is 0 Å². The van der Waals surface area contributed by atoms with Crippen molar-refractivity contribution in [2.45, 2.75) is 78.2 Å². The quantitative estimate of drug-likeness (QED) is 0.198. The summed E-state index contributed by atoms with van der Waals surface area (Å²) in [5.41, 5.74) is 3.34. The number of amides is 1. The molecule has 2 aromatic carbocycles. The minimum Gasteiger partial charge on any atom is -0.507 e.